The second-order valence-corrected chi connectivity index (χ2v) is 8.87. The molecular formula is C19H20N2OS2. The van der Waals surface area contributed by atoms with Gasteiger partial charge in [0.1, 0.15) is 6.10 Å². The summed E-state index contributed by atoms with van der Waals surface area (Å²) >= 11 is 3.46. The van der Waals surface area contributed by atoms with Crippen LogP contribution in [0.5, 0.6) is 5.19 Å². The van der Waals surface area contributed by atoms with Crippen molar-refractivity contribution in [1.29, 1.82) is 0 Å². The van der Waals surface area contributed by atoms with Crippen LogP contribution in [0.15, 0.2) is 35.8 Å². The first-order valence-electron chi connectivity index (χ1n) is 8.58. The highest BCUT2D eigenvalue weighted by atomic mass is 32.1. The number of ether oxygens (including phenoxy) is 1. The number of thiazole rings is 1. The molecule has 124 valence electrons. The number of thiophene rings is 1. The molecule has 3 nitrogen and oxygen atoms in total. The molecular weight excluding hydrogens is 336 g/mol. The SMILES string of the molecule is CN1C2CC[C@H]1CC(Oc1ncc(-c3ccc4sccc4c3)s1)C2. The van der Waals surface area contributed by atoms with E-state index in [9.17, 15) is 0 Å². The lowest BCUT2D eigenvalue weighted by Gasteiger charge is -2.35. The number of nitrogens with zero attached hydrogens (tertiary/aromatic N) is 2. The molecule has 0 amide bonds. The molecule has 0 saturated carbocycles. The molecule has 5 rings (SSSR count). The molecule has 3 atom stereocenters. The Hall–Kier alpha value is -1.43. The van der Waals surface area contributed by atoms with Crippen molar-refractivity contribution in [3.05, 3.63) is 35.8 Å². The Labute approximate surface area is 149 Å². The third-order valence-corrected chi connectivity index (χ3v) is 7.38. The Balaban J connectivity index is 1.34. The number of hydrogen-bond acceptors (Lipinski definition) is 5. The zero-order chi connectivity index (χ0) is 16.1. The number of hydrogen-bond donors (Lipinski definition) is 0. The summed E-state index contributed by atoms with van der Waals surface area (Å²) in [5, 5.41) is 4.27. The molecule has 2 saturated heterocycles. The van der Waals surface area contributed by atoms with E-state index in [0.717, 1.165) is 18.0 Å². The van der Waals surface area contributed by atoms with Crippen LogP contribution in [0.1, 0.15) is 25.7 Å². The van der Waals surface area contributed by atoms with E-state index in [2.05, 4.69) is 46.6 Å². The molecule has 0 N–H and O–H groups in total. The van der Waals surface area contributed by atoms with Crippen LogP contribution in [0, 0.1) is 0 Å². The number of benzene rings is 1. The molecule has 2 aliphatic rings. The van der Waals surface area contributed by atoms with E-state index in [1.54, 1.807) is 22.7 Å². The third kappa shape index (κ3) is 2.55. The Kier molecular flexibility index (Phi) is 3.61. The monoisotopic (exact) mass is 356 g/mol. The van der Waals surface area contributed by atoms with Crippen LogP contribution >= 0.6 is 22.7 Å². The standard InChI is InChI=1S/C19H20N2OS2/c1-21-14-3-4-15(21)10-16(9-14)22-19-20-11-18(24-19)12-2-5-17-13(8-12)6-7-23-17/h2,5-8,11,14-16H,3-4,9-10H2,1H3/t14-,15?,16?/m0/s1. The van der Waals surface area contributed by atoms with Crippen molar-refractivity contribution >= 4 is 32.8 Å². The highest BCUT2D eigenvalue weighted by molar-refractivity contribution is 7.17. The van der Waals surface area contributed by atoms with Gasteiger partial charge in [-0.1, -0.05) is 17.4 Å². The van der Waals surface area contributed by atoms with E-state index < -0.39 is 0 Å². The quantitative estimate of drug-likeness (QED) is 0.658. The van der Waals surface area contributed by atoms with Crippen LogP contribution in [-0.4, -0.2) is 35.1 Å². The third-order valence-electron chi connectivity index (χ3n) is 5.54. The number of aromatic nitrogens is 1. The van der Waals surface area contributed by atoms with Crippen LogP contribution in [0.25, 0.3) is 20.5 Å². The van der Waals surface area contributed by atoms with Crippen molar-refractivity contribution in [2.75, 3.05) is 7.05 Å². The maximum atomic E-state index is 6.24. The summed E-state index contributed by atoms with van der Waals surface area (Å²) < 4.78 is 7.58. The van der Waals surface area contributed by atoms with Gasteiger partial charge in [0.05, 0.1) is 4.88 Å². The van der Waals surface area contributed by atoms with E-state index in [-0.39, 0.29) is 0 Å². The molecule has 2 bridgehead atoms. The van der Waals surface area contributed by atoms with Crippen molar-refractivity contribution in [3.63, 3.8) is 0 Å². The van der Waals surface area contributed by atoms with Crippen LogP contribution in [0.2, 0.25) is 0 Å². The first kappa shape index (κ1) is 14.9. The van der Waals surface area contributed by atoms with Crippen LogP contribution in [0.3, 0.4) is 0 Å². The van der Waals surface area contributed by atoms with Gasteiger partial charge in [0.15, 0.2) is 0 Å². The summed E-state index contributed by atoms with van der Waals surface area (Å²) in [6.07, 6.45) is 7.22. The van der Waals surface area contributed by atoms with Gasteiger partial charge < -0.3 is 9.64 Å². The maximum Gasteiger partial charge on any atom is 0.273 e. The zero-order valence-electron chi connectivity index (χ0n) is 13.6. The van der Waals surface area contributed by atoms with Gasteiger partial charge in [-0.25, -0.2) is 4.98 Å². The summed E-state index contributed by atoms with van der Waals surface area (Å²) in [6, 6.07) is 10.2. The maximum absolute atomic E-state index is 6.24. The molecule has 4 heterocycles. The predicted molar refractivity (Wildman–Crippen MR) is 101 cm³/mol. The molecule has 1 aromatic carbocycles. The molecule has 3 aromatic rings. The summed E-state index contributed by atoms with van der Waals surface area (Å²) in [7, 11) is 2.26. The molecule has 24 heavy (non-hydrogen) atoms. The Morgan fingerprint density at radius 2 is 2.00 bits per heavy atom. The fourth-order valence-electron chi connectivity index (χ4n) is 4.17. The van der Waals surface area contributed by atoms with Crippen LogP contribution in [0.4, 0.5) is 0 Å². The lowest BCUT2D eigenvalue weighted by atomic mass is 10.0. The Morgan fingerprint density at radius 1 is 1.17 bits per heavy atom. The van der Waals surface area contributed by atoms with Gasteiger partial charge in [-0.2, -0.15) is 0 Å². The Bertz CT molecular complexity index is 857. The Morgan fingerprint density at radius 3 is 2.83 bits per heavy atom. The molecule has 2 aromatic heterocycles. The average Bonchev–Trinajstić information content (AvgIpc) is 3.27. The van der Waals surface area contributed by atoms with Crippen LogP contribution in [-0.2, 0) is 0 Å². The lowest BCUT2D eigenvalue weighted by Crippen LogP contribution is -2.43. The minimum atomic E-state index is 0.331. The second-order valence-electron chi connectivity index (χ2n) is 6.93. The van der Waals surface area contributed by atoms with Gasteiger partial charge in [0.25, 0.3) is 5.19 Å². The van der Waals surface area contributed by atoms with Crippen LogP contribution < -0.4 is 4.74 Å². The van der Waals surface area contributed by atoms with Crippen molar-refractivity contribution < 1.29 is 4.74 Å². The van der Waals surface area contributed by atoms with Gasteiger partial charge in [-0.15, -0.1) is 11.3 Å². The topological polar surface area (TPSA) is 25.4 Å². The highest BCUT2D eigenvalue weighted by Crippen LogP contribution is 2.38. The van der Waals surface area contributed by atoms with Gasteiger partial charge >= 0.3 is 0 Å². The fraction of sp³-hybridized carbons (Fsp3) is 0.421. The zero-order valence-corrected chi connectivity index (χ0v) is 15.3. The molecule has 0 radical (unpaired) electrons. The molecule has 5 heteroatoms. The molecule has 2 aliphatic heterocycles. The number of fused-ring (bicyclic) bond motifs is 3. The summed E-state index contributed by atoms with van der Waals surface area (Å²) in [4.78, 5) is 8.26. The lowest BCUT2D eigenvalue weighted by molar-refractivity contribution is 0.0660. The van der Waals surface area contributed by atoms with E-state index in [4.69, 9.17) is 4.74 Å². The summed E-state index contributed by atoms with van der Waals surface area (Å²) in [5.74, 6) is 0. The van der Waals surface area contributed by atoms with E-state index in [1.165, 1.54) is 33.4 Å². The number of piperidine rings is 1. The molecule has 0 spiro atoms. The largest absolute Gasteiger partial charge is 0.467 e. The second kappa shape index (κ2) is 5.83. The average molecular weight is 357 g/mol. The fourth-order valence-corrected chi connectivity index (χ4v) is 5.77. The molecule has 0 aliphatic carbocycles. The van der Waals surface area contributed by atoms with Crippen molar-refractivity contribution in [1.82, 2.24) is 9.88 Å². The summed E-state index contributed by atoms with van der Waals surface area (Å²) in [6.45, 7) is 0. The molecule has 2 fully saturated rings. The first-order valence-corrected chi connectivity index (χ1v) is 10.3. The van der Waals surface area contributed by atoms with Crippen molar-refractivity contribution in [2.24, 2.45) is 0 Å². The van der Waals surface area contributed by atoms with Gasteiger partial charge in [-0.3, -0.25) is 0 Å². The van der Waals surface area contributed by atoms with E-state index in [1.807, 2.05) is 6.20 Å². The minimum Gasteiger partial charge on any atom is -0.467 e. The first-order chi connectivity index (χ1) is 11.8. The van der Waals surface area contributed by atoms with Gasteiger partial charge in [0, 0.05) is 23.0 Å². The normalized spacial score (nSPS) is 27.0. The van der Waals surface area contributed by atoms with Crippen molar-refractivity contribution in [2.45, 2.75) is 43.9 Å². The predicted octanol–water partition coefficient (Wildman–Crippen LogP) is 5.03. The number of rotatable bonds is 3. The minimum absolute atomic E-state index is 0.331. The smallest absolute Gasteiger partial charge is 0.273 e. The van der Waals surface area contributed by atoms with Gasteiger partial charge in [0.2, 0.25) is 0 Å². The van der Waals surface area contributed by atoms with E-state index >= 15 is 0 Å². The molecule has 2 unspecified atom stereocenters. The van der Waals surface area contributed by atoms with E-state index in [0.29, 0.717) is 18.2 Å². The van der Waals surface area contributed by atoms with Crippen molar-refractivity contribution in [3.8, 4) is 15.6 Å². The summed E-state index contributed by atoms with van der Waals surface area (Å²) in [5.41, 5.74) is 1.23. The highest BCUT2D eigenvalue weighted by Gasteiger charge is 2.39. The van der Waals surface area contributed by atoms with Gasteiger partial charge in [-0.05, 0) is 67.3 Å².